The molecule has 0 fully saturated rings. The van der Waals surface area contributed by atoms with Crippen LogP contribution in [0.1, 0.15) is 11.1 Å². The molecule has 128 valence electrons. The van der Waals surface area contributed by atoms with Crippen molar-refractivity contribution < 1.29 is 9.53 Å². The van der Waals surface area contributed by atoms with Crippen LogP contribution in [-0.4, -0.2) is 24.2 Å². The number of aromatic nitrogens is 1. The highest BCUT2D eigenvalue weighted by Gasteiger charge is 2.04. The van der Waals surface area contributed by atoms with E-state index in [1.807, 2.05) is 55.5 Å². The lowest BCUT2D eigenvalue weighted by atomic mass is 10.1. The second kappa shape index (κ2) is 8.15. The van der Waals surface area contributed by atoms with E-state index in [-0.39, 0.29) is 6.03 Å². The molecule has 3 aromatic rings. The van der Waals surface area contributed by atoms with Gasteiger partial charge in [-0.15, -0.1) is 0 Å². The van der Waals surface area contributed by atoms with Crippen molar-refractivity contribution in [3.8, 4) is 5.75 Å². The average Bonchev–Trinajstić information content (AvgIpc) is 2.64. The Morgan fingerprint density at radius 2 is 1.92 bits per heavy atom. The first-order valence-electron chi connectivity index (χ1n) is 8.26. The van der Waals surface area contributed by atoms with Crippen molar-refractivity contribution in [3.63, 3.8) is 0 Å². The van der Waals surface area contributed by atoms with Gasteiger partial charge in [-0.3, -0.25) is 4.98 Å². The zero-order valence-electron chi connectivity index (χ0n) is 14.2. The van der Waals surface area contributed by atoms with E-state index in [4.69, 9.17) is 4.74 Å². The molecule has 0 saturated heterocycles. The lowest BCUT2D eigenvalue weighted by Gasteiger charge is -2.10. The minimum Gasteiger partial charge on any atom is -0.489 e. The Bertz CT molecular complexity index is 859. The number of urea groups is 1. The van der Waals surface area contributed by atoms with Gasteiger partial charge < -0.3 is 15.4 Å². The summed E-state index contributed by atoms with van der Waals surface area (Å²) in [5.41, 5.74) is 3.08. The van der Waals surface area contributed by atoms with Crippen molar-refractivity contribution >= 4 is 16.9 Å². The molecule has 0 saturated carbocycles. The third-order valence-electron chi connectivity index (χ3n) is 3.78. The fraction of sp³-hybridized carbons (Fsp3) is 0.200. The molecule has 0 unspecified atom stereocenters. The number of benzene rings is 2. The van der Waals surface area contributed by atoms with Gasteiger partial charge in [0.1, 0.15) is 17.9 Å². The smallest absolute Gasteiger partial charge is 0.315 e. The van der Waals surface area contributed by atoms with Gasteiger partial charge in [-0.2, -0.15) is 0 Å². The summed E-state index contributed by atoms with van der Waals surface area (Å²) >= 11 is 0. The van der Waals surface area contributed by atoms with E-state index in [2.05, 4.69) is 21.7 Å². The second-order valence-corrected chi connectivity index (χ2v) is 5.78. The van der Waals surface area contributed by atoms with Crippen molar-refractivity contribution in [3.05, 3.63) is 71.9 Å². The van der Waals surface area contributed by atoms with Crippen LogP contribution >= 0.6 is 0 Å². The third kappa shape index (κ3) is 4.70. The van der Waals surface area contributed by atoms with Gasteiger partial charge in [0.2, 0.25) is 0 Å². The highest BCUT2D eigenvalue weighted by atomic mass is 16.5. The molecule has 0 aliphatic carbocycles. The molecule has 5 nitrogen and oxygen atoms in total. The summed E-state index contributed by atoms with van der Waals surface area (Å²) in [6, 6.07) is 17.5. The topological polar surface area (TPSA) is 63.2 Å². The van der Waals surface area contributed by atoms with E-state index in [9.17, 15) is 4.79 Å². The van der Waals surface area contributed by atoms with Crippen LogP contribution < -0.4 is 15.4 Å². The number of aryl methyl sites for hydroxylation is 1. The van der Waals surface area contributed by atoms with Crippen molar-refractivity contribution in [2.75, 3.05) is 13.2 Å². The Hall–Kier alpha value is -3.08. The molecule has 2 aromatic carbocycles. The average molecular weight is 335 g/mol. The number of hydrogen-bond donors (Lipinski definition) is 2. The molecule has 0 spiro atoms. The first-order valence-corrected chi connectivity index (χ1v) is 8.26. The van der Waals surface area contributed by atoms with Crippen LogP contribution in [0, 0.1) is 6.92 Å². The molecule has 0 aliphatic rings. The molecule has 0 radical (unpaired) electrons. The fourth-order valence-electron chi connectivity index (χ4n) is 2.59. The number of nitrogens with zero attached hydrogens (tertiary/aromatic N) is 1. The third-order valence-corrected chi connectivity index (χ3v) is 3.78. The summed E-state index contributed by atoms with van der Waals surface area (Å²) in [5, 5.41) is 6.66. The largest absolute Gasteiger partial charge is 0.489 e. The number of carbonyl (C=O) groups is 1. The van der Waals surface area contributed by atoms with Crippen LogP contribution in [0.15, 0.2) is 60.8 Å². The number of ether oxygens (including phenoxy) is 1. The van der Waals surface area contributed by atoms with E-state index < -0.39 is 0 Å². The van der Waals surface area contributed by atoms with E-state index in [0.717, 1.165) is 22.2 Å². The van der Waals surface area contributed by atoms with Crippen molar-refractivity contribution in [2.24, 2.45) is 0 Å². The molecule has 0 atom stereocenters. The molecule has 5 heteroatoms. The first kappa shape index (κ1) is 16.8. The maximum atomic E-state index is 11.8. The van der Waals surface area contributed by atoms with Gasteiger partial charge in [-0.05, 0) is 24.6 Å². The lowest BCUT2D eigenvalue weighted by molar-refractivity contribution is 0.236. The van der Waals surface area contributed by atoms with Crippen LogP contribution in [-0.2, 0) is 6.54 Å². The Kier molecular flexibility index (Phi) is 5.46. The summed E-state index contributed by atoms with van der Waals surface area (Å²) < 4.78 is 5.74. The predicted molar refractivity (Wildman–Crippen MR) is 98.7 cm³/mol. The lowest BCUT2D eigenvalue weighted by Crippen LogP contribution is -2.37. The Labute approximate surface area is 147 Å². The molecule has 1 aromatic heterocycles. The van der Waals surface area contributed by atoms with Gasteiger partial charge >= 0.3 is 6.03 Å². The number of pyridine rings is 1. The Balaban J connectivity index is 1.42. The second-order valence-electron chi connectivity index (χ2n) is 5.78. The van der Waals surface area contributed by atoms with E-state index in [1.54, 1.807) is 6.20 Å². The maximum Gasteiger partial charge on any atom is 0.315 e. The van der Waals surface area contributed by atoms with Crippen molar-refractivity contribution in [1.82, 2.24) is 15.6 Å². The molecular formula is C20H21N3O2. The minimum atomic E-state index is -0.207. The van der Waals surface area contributed by atoms with Crippen LogP contribution in [0.25, 0.3) is 10.9 Å². The van der Waals surface area contributed by atoms with Gasteiger partial charge in [0.15, 0.2) is 0 Å². The van der Waals surface area contributed by atoms with E-state index in [0.29, 0.717) is 19.7 Å². The number of rotatable bonds is 6. The highest BCUT2D eigenvalue weighted by molar-refractivity contribution is 5.84. The van der Waals surface area contributed by atoms with Gasteiger partial charge in [0.05, 0.1) is 6.54 Å². The van der Waals surface area contributed by atoms with Crippen LogP contribution in [0.4, 0.5) is 4.79 Å². The number of para-hydroxylation sites is 1. The molecule has 0 aliphatic heterocycles. The van der Waals surface area contributed by atoms with Gasteiger partial charge in [-0.25, -0.2) is 4.79 Å². The van der Waals surface area contributed by atoms with Crippen LogP contribution in [0.2, 0.25) is 0 Å². The number of hydrogen-bond acceptors (Lipinski definition) is 3. The van der Waals surface area contributed by atoms with E-state index >= 15 is 0 Å². The summed E-state index contributed by atoms with van der Waals surface area (Å²) in [7, 11) is 0. The predicted octanol–water partition coefficient (Wildman–Crippen LogP) is 3.42. The monoisotopic (exact) mass is 335 g/mol. The van der Waals surface area contributed by atoms with Crippen LogP contribution in [0.5, 0.6) is 5.75 Å². The van der Waals surface area contributed by atoms with Gasteiger partial charge in [0, 0.05) is 18.1 Å². The maximum absolute atomic E-state index is 11.8. The summed E-state index contributed by atoms with van der Waals surface area (Å²) in [5.74, 6) is 0.722. The Morgan fingerprint density at radius 3 is 2.80 bits per heavy atom. The van der Waals surface area contributed by atoms with E-state index in [1.165, 1.54) is 5.56 Å². The van der Waals surface area contributed by atoms with Crippen LogP contribution in [0.3, 0.4) is 0 Å². The number of carbonyl (C=O) groups excluding carboxylic acids is 1. The summed E-state index contributed by atoms with van der Waals surface area (Å²) in [6.07, 6.45) is 1.74. The number of nitrogens with one attached hydrogen (secondary N) is 2. The van der Waals surface area contributed by atoms with Gasteiger partial charge in [-0.1, -0.05) is 48.0 Å². The molecule has 2 N–H and O–H groups in total. The molecule has 0 bridgehead atoms. The molecule has 2 amide bonds. The van der Waals surface area contributed by atoms with Crippen molar-refractivity contribution in [2.45, 2.75) is 13.5 Å². The first-order chi connectivity index (χ1) is 12.2. The fourth-order valence-corrected chi connectivity index (χ4v) is 2.59. The van der Waals surface area contributed by atoms with Gasteiger partial charge in [0.25, 0.3) is 0 Å². The number of fused-ring (bicyclic) bond motifs is 1. The van der Waals surface area contributed by atoms with Crippen molar-refractivity contribution in [1.29, 1.82) is 0 Å². The minimum absolute atomic E-state index is 0.207. The Morgan fingerprint density at radius 1 is 1.08 bits per heavy atom. The standard InChI is InChI=1S/C20H21N3O2/c1-15-5-2-6-16(13-15)14-23-20(24)22-11-12-25-18-9-3-7-17-8-4-10-21-19(17)18/h2-10,13H,11-12,14H2,1H3,(H2,22,23,24). The molecule has 3 rings (SSSR count). The summed E-state index contributed by atoms with van der Waals surface area (Å²) in [4.78, 5) is 16.2. The molecular weight excluding hydrogens is 314 g/mol. The SMILES string of the molecule is Cc1cccc(CNC(=O)NCCOc2cccc3cccnc23)c1. The molecule has 25 heavy (non-hydrogen) atoms. The zero-order valence-corrected chi connectivity index (χ0v) is 14.2. The number of amides is 2. The quantitative estimate of drug-likeness (QED) is 0.679. The summed E-state index contributed by atoms with van der Waals surface area (Å²) in [6.45, 7) is 3.33. The molecule has 1 heterocycles. The highest BCUT2D eigenvalue weighted by Crippen LogP contribution is 2.22. The normalized spacial score (nSPS) is 10.4. The zero-order chi connectivity index (χ0) is 17.5.